The molecule has 5 nitrogen and oxygen atoms in total. The molecule has 0 aromatic carbocycles. The average Bonchev–Trinajstić information content (AvgIpc) is 2.41. The number of pyridine rings is 1. The van der Waals surface area contributed by atoms with E-state index in [1.165, 1.54) is 12.3 Å². The van der Waals surface area contributed by atoms with Gasteiger partial charge < -0.3 is 10.0 Å². The summed E-state index contributed by atoms with van der Waals surface area (Å²) in [4.78, 5) is 29.1. The molecule has 5 heteroatoms. The van der Waals surface area contributed by atoms with E-state index in [4.69, 9.17) is 5.11 Å². The van der Waals surface area contributed by atoms with Crippen molar-refractivity contribution in [1.29, 1.82) is 0 Å². The Morgan fingerprint density at radius 3 is 2.52 bits per heavy atom. The van der Waals surface area contributed by atoms with Gasteiger partial charge >= 0.3 is 5.97 Å². The number of aliphatic carboxylic acids is 1. The van der Waals surface area contributed by atoms with Gasteiger partial charge in [-0.25, -0.2) is 4.79 Å². The molecule has 1 heterocycles. The second-order valence-electron chi connectivity index (χ2n) is 5.58. The fourth-order valence-corrected chi connectivity index (χ4v) is 1.97. The molecule has 0 unspecified atom stereocenters. The Kier molecular flexibility index (Phi) is 6.09. The summed E-state index contributed by atoms with van der Waals surface area (Å²) in [5, 5.41) is 8.72. The Balaban J connectivity index is 3.13. The molecule has 114 valence electrons. The molecule has 0 aliphatic carbocycles. The van der Waals surface area contributed by atoms with Crippen molar-refractivity contribution in [3.05, 3.63) is 35.7 Å². The summed E-state index contributed by atoms with van der Waals surface area (Å²) in [5.74, 6) is -0.803. The van der Waals surface area contributed by atoms with Gasteiger partial charge in [-0.2, -0.15) is 0 Å². The van der Waals surface area contributed by atoms with Crippen molar-refractivity contribution in [2.75, 3.05) is 6.54 Å². The molecule has 0 radical (unpaired) electrons. The van der Waals surface area contributed by atoms with Crippen molar-refractivity contribution in [1.82, 2.24) is 9.88 Å². The number of carboxylic acids is 1. The fraction of sp³-hybridized carbons (Fsp3) is 0.438. The lowest BCUT2D eigenvalue weighted by Gasteiger charge is -2.29. The Labute approximate surface area is 125 Å². The Morgan fingerprint density at radius 2 is 2.00 bits per heavy atom. The topological polar surface area (TPSA) is 70.5 Å². The number of amides is 1. The number of carbonyl (C=O) groups is 2. The number of hydrogen-bond acceptors (Lipinski definition) is 3. The summed E-state index contributed by atoms with van der Waals surface area (Å²) in [6.07, 6.45) is 5.45. The van der Waals surface area contributed by atoms with Gasteiger partial charge in [0.1, 0.15) is 0 Å². The third-order valence-corrected chi connectivity index (χ3v) is 2.93. The van der Waals surface area contributed by atoms with Crippen molar-refractivity contribution >= 4 is 18.0 Å². The molecule has 1 amide bonds. The second-order valence-corrected chi connectivity index (χ2v) is 5.58. The number of aromatic nitrogens is 1. The summed E-state index contributed by atoms with van der Waals surface area (Å²) in [6, 6.07) is 1.70. The van der Waals surface area contributed by atoms with Gasteiger partial charge in [-0.15, -0.1) is 0 Å². The highest BCUT2D eigenvalue weighted by atomic mass is 16.4. The molecule has 0 saturated carbocycles. The molecular formula is C16H22N2O3. The minimum Gasteiger partial charge on any atom is -0.478 e. The van der Waals surface area contributed by atoms with E-state index >= 15 is 0 Å². The molecule has 0 fully saturated rings. The summed E-state index contributed by atoms with van der Waals surface area (Å²) in [6.45, 7) is 8.70. The number of carboxylic acid groups (broad SMARTS) is 1. The number of rotatable bonds is 6. The monoisotopic (exact) mass is 290 g/mol. The number of carbonyl (C=O) groups excluding carboxylic acids is 1. The molecule has 0 bridgehead atoms. The van der Waals surface area contributed by atoms with E-state index in [1.807, 2.05) is 13.8 Å². The first-order valence-electron chi connectivity index (χ1n) is 6.99. The second kappa shape index (κ2) is 7.57. The van der Waals surface area contributed by atoms with E-state index in [0.717, 1.165) is 6.08 Å². The molecule has 1 aromatic heterocycles. The average molecular weight is 290 g/mol. The Morgan fingerprint density at radius 1 is 1.33 bits per heavy atom. The minimum absolute atomic E-state index is 0.0735. The maximum atomic E-state index is 12.7. The molecule has 1 rings (SSSR count). The highest BCUT2D eigenvalue weighted by Gasteiger charge is 2.21. The van der Waals surface area contributed by atoms with Gasteiger partial charge in [-0.05, 0) is 31.9 Å². The smallest absolute Gasteiger partial charge is 0.328 e. The van der Waals surface area contributed by atoms with Gasteiger partial charge in [0.15, 0.2) is 0 Å². The van der Waals surface area contributed by atoms with E-state index in [2.05, 4.69) is 18.8 Å². The predicted molar refractivity (Wildman–Crippen MR) is 81.9 cm³/mol. The van der Waals surface area contributed by atoms with E-state index in [9.17, 15) is 9.59 Å². The van der Waals surface area contributed by atoms with Crippen LogP contribution in [-0.2, 0) is 4.79 Å². The molecule has 1 N–H and O–H groups in total. The van der Waals surface area contributed by atoms with E-state index in [0.29, 0.717) is 23.6 Å². The van der Waals surface area contributed by atoms with Crippen molar-refractivity contribution in [3.63, 3.8) is 0 Å². The molecule has 0 saturated heterocycles. The van der Waals surface area contributed by atoms with Gasteiger partial charge in [-0.1, -0.05) is 13.8 Å². The largest absolute Gasteiger partial charge is 0.478 e. The van der Waals surface area contributed by atoms with Crippen molar-refractivity contribution in [2.45, 2.75) is 33.7 Å². The summed E-state index contributed by atoms with van der Waals surface area (Å²) >= 11 is 0. The first-order chi connectivity index (χ1) is 9.82. The van der Waals surface area contributed by atoms with Crippen molar-refractivity contribution in [3.8, 4) is 0 Å². The fourth-order valence-electron chi connectivity index (χ4n) is 1.97. The van der Waals surface area contributed by atoms with E-state index in [1.54, 1.807) is 17.2 Å². The first-order valence-corrected chi connectivity index (χ1v) is 6.99. The van der Waals surface area contributed by atoms with Gasteiger partial charge in [0.25, 0.3) is 5.91 Å². The van der Waals surface area contributed by atoms with Crippen molar-refractivity contribution < 1.29 is 14.7 Å². The predicted octanol–water partition coefficient (Wildman–Crippen LogP) is 2.69. The van der Waals surface area contributed by atoms with Crippen LogP contribution >= 0.6 is 0 Å². The third kappa shape index (κ3) is 5.02. The lowest BCUT2D eigenvalue weighted by atomic mass is 10.1. The van der Waals surface area contributed by atoms with Crippen LogP contribution in [0.2, 0.25) is 0 Å². The molecule has 1 aromatic rings. The maximum Gasteiger partial charge on any atom is 0.328 e. The van der Waals surface area contributed by atoms with Crippen LogP contribution in [0.3, 0.4) is 0 Å². The van der Waals surface area contributed by atoms with Gasteiger partial charge in [0.05, 0.1) is 0 Å². The van der Waals surface area contributed by atoms with Crippen LogP contribution in [0.4, 0.5) is 0 Å². The summed E-state index contributed by atoms with van der Waals surface area (Å²) in [7, 11) is 0. The zero-order valence-corrected chi connectivity index (χ0v) is 12.9. The van der Waals surface area contributed by atoms with Gasteiger partial charge in [0.2, 0.25) is 0 Å². The third-order valence-electron chi connectivity index (χ3n) is 2.93. The summed E-state index contributed by atoms with van der Waals surface area (Å²) in [5.41, 5.74) is 0.983. The van der Waals surface area contributed by atoms with Crippen molar-refractivity contribution in [2.24, 2.45) is 5.92 Å². The highest BCUT2D eigenvalue weighted by Crippen LogP contribution is 2.15. The minimum atomic E-state index is -1.06. The van der Waals surface area contributed by atoms with Crippen LogP contribution in [-0.4, -0.2) is 39.5 Å². The molecule has 0 aliphatic heterocycles. The van der Waals surface area contributed by atoms with Crippen LogP contribution in [0.25, 0.3) is 6.08 Å². The van der Waals surface area contributed by atoms with Crippen LogP contribution in [0.15, 0.2) is 24.5 Å². The van der Waals surface area contributed by atoms with Crippen LogP contribution in [0.5, 0.6) is 0 Å². The quantitative estimate of drug-likeness (QED) is 0.818. The van der Waals surface area contributed by atoms with Crippen LogP contribution < -0.4 is 0 Å². The van der Waals surface area contributed by atoms with E-state index in [-0.39, 0.29) is 11.9 Å². The molecule has 0 spiro atoms. The lowest BCUT2D eigenvalue weighted by Crippen LogP contribution is -2.39. The molecule has 0 aliphatic rings. The number of hydrogen-bond donors (Lipinski definition) is 1. The maximum absolute atomic E-state index is 12.7. The van der Waals surface area contributed by atoms with Gasteiger partial charge in [0, 0.05) is 42.2 Å². The Hall–Kier alpha value is -2.17. The molecule has 21 heavy (non-hydrogen) atoms. The van der Waals surface area contributed by atoms with Crippen LogP contribution in [0.1, 0.15) is 43.6 Å². The lowest BCUT2D eigenvalue weighted by molar-refractivity contribution is -0.131. The SMILES string of the molecule is CC(C)CN(C(=O)c1ccncc1C=CC(=O)O)C(C)C. The standard InChI is InChI=1S/C16H22N2O3/c1-11(2)10-18(12(3)4)16(21)14-7-8-17-9-13(14)5-6-15(19)20/h5-9,11-12H,10H2,1-4H3,(H,19,20). The zero-order chi connectivity index (χ0) is 16.0. The van der Waals surface area contributed by atoms with Crippen LogP contribution in [0, 0.1) is 5.92 Å². The molecular weight excluding hydrogens is 268 g/mol. The number of nitrogens with zero attached hydrogens (tertiary/aromatic N) is 2. The van der Waals surface area contributed by atoms with Gasteiger partial charge in [-0.3, -0.25) is 9.78 Å². The first kappa shape index (κ1) is 16.9. The Bertz CT molecular complexity index is 536. The van der Waals surface area contributed by atoms with E-state index < -0.39 is 5.97 Å². The summed E-state index contributed by atoms with van der Waals surface area (Å²) < 4.78 is 0. The molecule has 0 atom stereocenters. The zero-order valence-electron chi connectivity index (χ0n) is 12.9. The highest BCUT2D eigenvalue weighted by molar-refractivity contribution is 5.99. The normalized spacial score (nSPS) is 11.3.